The van der Waals surface area contributed by atoms with E-state index in [9.17, 15) is 0 Å². The maximum atomic E-state index is 8.82. The van der Waals surface area contributed by atoms with E-state index < -0.39 is 0 Å². The lowest BCUT2D eigenvalue weighted by Gasteiger charge is -2.42. The summed E-state index contributed by atoms with van der Waals surface area (Å²) < 4.78 is 5.49. The first-order chi connectivity index (χ1) is 11.3. The van der Waals surface area contributed by atoms with Gasteiger partial charge in [-0.25, -0.2) is 0 Å². The summed E-state index contributed by atoms with van der Waals surface area (Å²) in [6.45, 7) is 11.4. The highest BCUT2D eigenvalue weighted by Gasteiger charge is 2.27. The first-order valence-corrected chi connectivity index (χ1v) is 8.96. The molecule has 0 bridgehead atoms. The number of hydrogen-bond acceptors (Lipinski definition) is 5. The van der Waals surface area contributed by atoms with Crippen LogP contribution in [0.5, 0.6) is 0 Å². The quantitative estimate of drug-likeness (QED) is 0.833. The molecule has 0 amide bonds. The van der Waals surface area contributed by atoms with E-state index in [1.807, 2.05) is 12.1 Å². The van der Waals surface area contributed by atoms with E-state index >= 15 is 0 Å². The molecule has 2 saturated heterocycles. The molecule has 126 valence electrons. The lowest BCUT2D eigenvalue weighted by molar-refractivity contribution is 0.0544. The SMILES string of the molecule is CCCN1CCC(N2CCN(Cc3ccc(C#N)o3)CC2)CC1. The highest BCUT2D eigenvalue weighted by Crippen LogP contribution is 2.19. The molecule has 1 aromatic heterocycles. The Morgan fingerprint density at radius 1 is 1.09 bits per heavy atom. The van der Waals surface area contributed by atoms with Gasteiger partial charge in [0, 0.05) is 32.2 Å². The van der Waals surface area contributed by atoms with Crippen molar-refractivity contribution >= 4 is 0 Å². The second-order valence-electron chi connectivity index (χ2n) is 6.76. The van der Waals surface area contributed by atoms with Crippen LogP contribution in [0.2, 0.25) is 0 Å². The summed E-state index contributed by atoms with van der Waals surface area (Å²) in [6.07, 6.45) is 3.91. The van der Waals surface area contributed by atoms with Crippen molar-refractivity contribution in [2.24, 2.45) is 0 Å². The minimum Gasteiger partial charge on any atom is -0.449 e. The van der Waals surface area contributed by atoms with Crippen LogP contribution in [0.3, 0.4) is 0 Å². The number of rotatable bonds is 5. The fourth-order valence-electron chi connectivity index (χ4n) is 3.85. The summed E-state index contributed by atoms with van der Waals surface area (Å²) in [5.74, 6) is 1.32. The van der Waals surface area contributed by atoms with E-state index in [1.54, 1.807) is 6.07 Å². The van der Waals surface area contributed by atoms with Crippen LogP contribution in [0.1, 0.15) is 37.7 Å². The average molecular weight is 316 g/mol. The van der Waals surface area contributed by atoms with Gasteiger partial charge in [0.1, 0.15) is 11.8 Å². The van der Waals surface area contributed by atoms with Gasteiger partial charge in [-0.1, -0.05) is 6.92 Å². The monoisotopic (exact) mass is 316 g/mol. The van der Waals surface area contributed by atoms with Crippen molar-refractivity contribution in [1.82, 2.24) is 14.7 Å². The molecule has 0 aliphatic carbocycles. The summed E-state index contributed by atoms with van der Waals surface area (Å²) in [5, 5.41) is 8.82. The van der Waals surface area contributed by atoms with Crippen LogP contribution in [0, 0.1) is 11.3 Å². The van der Waals surface area contributed by atoms with Crippen molar-refractivity contribution in [3.8, 4) is 6.07 Å². The highest BCUT2D eigenvalue weighted by atomic mass is 16.3. The van der Waals surface area contributed by atoms with Crippen molar-refractivity contribution in [2.75, 3.05) is 45.8 Å². The van der Waals surface area contributed by atoms with Crippen LogP contribution in [0.4, 0.5) is 0 Å². The van der Waals surface area contributed by atoms with Gasteiger partial charge in [0.05, 0.1) is 6.54 Å². The number of nitrogens with zero attached hydrogens (tertiary/aromatic N) is 4. The number of nitriles is 1. The molecule has 0 spiro atoms. The molecule has 23 heavy (non-hydrogen) atoms. The zero-order valence-corrected chi connectivity index (χ0v) is 14.2. The minimum atomic E-state index is 0.414. The van der Waals surface area contributed by atoms with E-state index in [4.69, 9.17) is 9.68 Å². The molecular formula is C18H28N4O. The summed E-state index contributed by atoms with van der Waals surface area (Å²) in [5.41, 5.74) is 0. The molecule has 0 atom stereocenters. The molecule has 0 saturated carbocycles. The van der Waals surface area contributed by atoms with Crippen molar-refractivity contribution in [3.05, 3.63) is 23.7 Å². The topological polar surface area (TPSA) is 46.6 Å². The number of likely N-dealkylation sites (tertiary alicyclic amines) is 1. The number of piperazine rings is 1. The average Bonchev–Trinajstić information content (AvgIpc) is 3.04. The normalized spacial score (nSPS) is 22.3. The maximum absolute atomic E-state index is 8.82. The van der Waals surface area contributed by atoms with E-state index in [2.05, 4.69) is 21.6 Å². The molecule has 0 unspecified atom stereocenters. The lowest BCUT2D eigenvalue weighted by atomic mass is 10.0. The Morgan fingerprint density at radius 2 is 1.83 bits per heavy atom. The first kappa shape index (κ1) is 16.5. The Bertz CT molecular complexity index is 519. The van der Waals surface area contributed by atoms with Crippen LogP contribution < -0.4 is 0 Å². The van der Waals surface area contributed by atoms with Crippen LogP contribution in [0.15, 0.2) is 16.5 Å². The van der Waals surface area contributed by atoms with Crippen molar-refractivity contribution in [1.29, 1.82) is 5.26 Å². The Kier molecular flexibility index (Phi) is 5.71. The fraction of sp³-hybridized carbons (Fsp3) is 0.722. The van der Waals surface area contributed by atoms with Crippen molar-refractivity contribution in [3.63, 3.8) is 0 Å². The molecule has 2 aliphatic heterocycles. The third kappa shape index (κ3) is 4.35. The van der Waals surface area contributed by atoms with Gasteiger partial charge in [0.2, 0.25) is 5.76 Å². The van der Waals surface area contributed by atoms with Crippen LogP contribution in [-0.2, 0) is 6.54 Å². The summed E-state index contributed by atoms with van der Waals surface area (Å²) in [4.78, 5) is 7.72. The fourth-order valence-corrected chi connectivity index (χ4v) is 3.85. The summed E-state index contributed by atoms with van der Waals surface area (Å²) >= 11 is 0. The van der Waals surface area contributed by atoms with Gasteiger partial charge in [0.15, 0.2) is 0 Å². The van der Waals surface area contributed by atoms with Crippen molar-refractivity contribution in [2.45, 2.75) is 38.8 Å². The number of hydrogen-bond donors (Lipinski definition) is 0. The van der Waals surface area contributed by atoms with Crippen molar-refractivity contribution < 1.29 is 4.42 Å². The molecule has 2 fully saturated rings. The molecule has 3 rings (SSSR count). The molecule has 3 heterocycles. The third-order valence-corrected chi connectivity index (χ3v) is 5.17. The lowest BCUT2D eigenvalue weighted by Crippen LogP contribution is -2.52. The zero-order valence-electron chi connectivity index (χ0n) is 14.2. The van der Waals surface area contributed by atoms with Gasteiger partial charge in [-0.3, -0.25) is 9.80 Å². The van der Waals surface area contributed by atoms with Crippen LogP contribution in [0.25, 0.3) is 0 Å². The molecular weight excluding hydrogens is 288 g/mol. The standard InChI is InChI=1S/C18H28N4O/c1-2-7-20-8-5-16(6-9-20)22-12-10-21(11-13-22)15-18-4-3-17(14-19)23-18/h3-4,16H,2,5-13,15H2,1H3. The Labute approximate surface area is 139 Å². The van der Waals surface area contributed by atoms with Gasteiger partial charge < -0.3 is 9.32 Å². The predicted octanol–water partition coefficient (Wildman–Crippen LogP) is 2.14. The predicted molar refractivity (Wildman–Crippen MR) is 90.0 cm³/mol. The largest absolute Gasteiger partial charge is 0.449 e. The van der Waals surface area contributed by atoms with Crippen LogP contribution >= 0.6 is 0 Å². The molecule has 5 nitrogen and oxygen atoms in total. The van der Waals surface area contributed by atoms with Gasteiger partial charge in [0.25, 0.3) is 0 Å². The zero-order chi connectivity index (χ0) is 16.1. The minimum absolute atomic E-state index is 0.414. The van der Waals surface area contributed by atoms with Gasteiger partial charge in [-0.2, -0.15) is 5.26 Å². The smallest absolute Gasteiger partial charge is 0.203 e. The number of piperidine rings is 1. The van der Waals surface area contributed by atoms with Crippen LogP contribution in [-0.4, -0.2) is 66.6 Å². The van der Waals surface area contributed by atoms with Gasteiger partial charge in [-0.05, 0) is 51.0 Å². The molecule has 1 aromatic rings. The second kappa shape index (κ2) is 7.96. The Balaban J connectivity index is 1.41. The molecule has 5 heteroatoms. The summed E-state index contributed by atoms with van der Waals surface area (Å²) in [7, 11) is 0. The van der Waals surface area contributed by atoms with E-state index in [-0.39, 0.29) is 0 Å². The van der Waals surface area contributed by atoms with E-state index in [0.29, 0.717) is 5.76 Å². The van der Waals surface area contributed by atoms with Gasteiger partial charge in [-0.15, -0.1) is 0 Å². The van der Waals surface area contributed by atoms with Gasteiger partial charge >= 0.3 is 0 Å². The molecule has 0 radical (unpaired) electrons. The molecule has 2 aliphatic rings. The van der Waals surface area contributed by atoms with E-state index in [0.717, 1.165) is 44.5 Å². The van der Waals surface area contributed by atoms with E-state index in [1.165, 1.54) is 38.9 Å². The Morgan fingerprint density at radius 3 is 2.43 bits per heavy atom. The first-order valence-electron chi connectivity index (χ1n) is 8.96. The summed E-state index contributed by atoms with van der Waals surface area (Å²) in [6, 6.07) is 6.51. The Hall–Kier alpha value is -1.35. The highest BCUT2D eigenvalue weighted by molar-refractivity contribution is 5.19. The molecule has 0 aromatic carbocycles. The third-order valence-electron chi connectivity index (χ3n) is 5.17. The maximum Gasteiger partial charge on any atom is 0.203 e. The second-order valence-corrected chi connectivity index (χ2v) is 6.76. The molecule has 0 N–H and O–H groups in total. The number of furan rings is 1.